The van der Waals surface area contributed by atoms with Gasteiger partial charge < -0.3 is 16.5 Å². The van der Waals surface area contributed by atoms with Gasteiger partial charge in [-0.15, -0.1) is 0 Å². The predicted octanol–water partition coefficient (Wildman–Crippen LogP) is 0.492. The van der Waals surface area contributed by atoms with Crippen LogP contribution in [-0.4, -0.2) is 25.8 Å². The molecular weight excluding hydrogens is 311 g/mol. The zero-order valence-electron chi connectivity index (χ0n) is 10.4. The highest BCUT2D eigenvalue weighted by atomic mass is 32.2. The molecule has 0 aliphatic carbocycles. The molecule has 11 heteroatoms. The van der Waals surface area contributed by atoms with Gasteiger partial charge in [0.25, 0.3) is 0 Å². The average Bonchev–Trinajstić information content (AvgIpc) is 2.36. The molecule has 1 heterocycles. The van der Waals surface area contributed by atoms with Gasteiger partial charge in [0.1, 0.15) is 17.2 Å². The summed E-state index contributed by atoms with van der Waals surface area (Å²) in [6, 6.07) is 2.95. The van der Waals surface area contributed by atoms with E-state index in [4.69, 9.17) is 11.1 Å². The van der Waals surface area contributed by atoms with Crippen molar-refractivity contribution in [3.8, 4) is 0 Å². The number of nitrogens with two attached hydrogens (primary N) is 1. The second-order valence-corrected chi connectivity index (χ2v) is 4.44. The minimum atomic E-state index is -4.76. The summed E-state index contributed by atoms with van der Waals surface area (Å²) in [5.74, 6) is -0.754. The first-order chi connectivity index (χ1) is 9.75. The van der Waals surface area contributed by atoms with Crippen molar-refractivity contribution in [3.05, 3.63) is 35.3 Å². The van der Waals surface area contributed by atoms with Crippen LogP contribution in [0, 0.1) is 5.41 Å². The summed E-state index contributed by atoms with van der Waals surface area (Å²) in [6.45, 7) is -0.196. The van der Waals surface area contributed by atoms with Crippen molar-refractivity contribution < 1.29 is 21.6 Å². The van der Waals surface area contributed by atoms with Gasteiger partial charge in [-0.1, -0.05) is 6.07 Å². The number of hydrogen-bond donors (Lipinski definition) is 5. The number of hydrogen-bond acceptors (Lipinski definition) is 6. The summed E-state index contributed by atoms with van der Waals surface area (Å²) in [4.78, 5) is 3.75. The maximum absolute atomic E-state index is 12.5. The van der Waals surface area contributed by atoms with Crippen molar-refractivity contribution in [1.29, 1.82) is 5.41 Å². The minimum Gasteiger partial charge on any atom is -0.385 e. The molecule has 0 aromatic carbocycles. The lowest BCUT2D eigenvalue weighted by molar-refractivity contribution is -0.0867. The van der Waals surface area contributed by atoms with Crippen LogP contribution in [0.15, 0.2) is 29.7 Å². The Bertz CT molecular complexity index is 619. The van der Waals surface area contributed by atoms with Crippen LogP contribution in [0.25, 0.3) is 0 Å². The van der Waals surface area contributed by atoms with Gasteiger partial charge in [-0.2, -0.15) is 13.2 Å². The molecule has 1 aromatic rings. The third kappa shape index (κ3) is 4.95. The van der Waals surface area contributed by atoms with Crippen molar-refractivity contribution in [2.75, 3.05) is 4.72 Å². The van der Waals surface area contributed by atoms with Gasteiger partial charge in [-0.3, -0.25) is 4.72 Å². The van der Waals surface area contributed by atoms with Gasteiger partial charge in [-0.25, -0.2) is 13.4 Å². The zero-order valence-corrected chi connectivity index (χ0v) is 11.3. The first-order valence-electron chi connectivity index (χ1n) is 5.42. The molecule has 0 atom stereocenters. The van der Waals surface area contributed by atoms with E-state index >= 15 is 0 Å². The third-order valence-corrected chi connectivity index (χ3v) is 2.69. The molecule has 0 fully saturated rings. The van der Waals surface area contributed by atoms with Crippen LogP contribution < -0.4 is 15.8 Å². The predicted molar refractivity (Wildman–Crippen MR) is 71.1 cm³/mol. The van der Waals surface area contributed by atoms with Gasteiger partial charge in [0, 0.05) is 24.5 Å². The maximum Gasteiger partial charge on any atom is 0.421 e. The van der Waals surface area contributed by atoms with Crippen molar-refractivity contribution in [3.63, 3.8) is 0 Å². The van der Waals surface area contributed by atoms with E-state index in [1.807, 2.05) is 4.72 Å². The van der Waals surface area contributed by atoms with E-state index in [9.17, 15) is 21.6 Å². The van der Waals surface area contributed by atoms with Crippen LogP contribution in [0.1, 0.15) is 5.56 Å². The number of alkyl halides is 3. The number of nitrogens with one attached hydrogen (secondary N) is 3. The van der Waals surface area contributed by atoms with Crippen LogP contribution in [0.3, 0.4) is 0 Å². The average molecular weight is 323 g/mol. The van der Waals surface area contributed by atoms with Crippen LogP contribution in [0.2, 0.25) is 0 Å². The molecule has 0 saturated heterocycles. The zero-order chi connectivity index (χ0) is 16.0. The second-order valence-electron chi connectivity index (χ2n) is 3.70. The Hall–Kier alpha value is -2.30. The van der Waals surface area contributed by atoms with Gasteiger partial charge in [0.05, 0.1) is 0 Å². The molecule has 1 rings (SSSR count). The van der Waals surface area contributed by atoms with E-state index in [0.29, 0.717) is 5.56 Å². The molecule has 0 unspecified atom stereocenters. The molecule has 0 aliphatic rings. The molecule has 5 N–H and O–H groups in total. The molecule has 0 spiro atoms. The molecule has 1 aromatic heterocycles. The van der Waals surface area contributed by atoms with E-state index in [0.717, 1.165) is 0 Å². The largest absolute Gasteiger partial charge is 0.421 e. The lowest BCUT2D eigenvalue weighted by atomic mass is 10.2. The summed E-state index contributed by atoms with van der Waals surface area (Å²) in [7, 11) is -2.95. The second kappa shape index (κ2) is 6.92. The van der Waals surface area contributed by atoms with E-state index < -0.39 is 28.5 Å². The maximum atomic E-state index is 12.5. The Balaban J connectivity index is 2.93. The van der Waals surface area contributed by atoms with E-state index in [1.165, 1.54) is 18.3 Å². The summed E-state index contributed by atoms with van der Waals surface area (Å²) < 4.78 is 60.8. The van der Waals surface area contributed by atoms with Crippen LogP contribution in [-0.2, 0) is 17.4 Å². The summed E-state index contributed by atoms with van der Waals surface area (Å²) >= 11 is 0. The van der Waals surface area contributed by atoms with Crippen molar-refractivity contribution >= 4 is 22.9 Å². The topological polar surface area (TPSA) is 121 Å². The first kappa shape index (κ1) is 16.8. The third-order valence-electron chi connectivity index (χ3n) is 2.30. The van der Waals surface area contributed by atoms with Gasteiger partial charge >= 0.3 is 6.18 Å². The number of aromatic nitrogens is 1. The fourth-order valence-corrected chi connectivity index (χ4v) is 1.74. The highest BCUT2D eigenvalue weighted by Gasteiger charge is 2.34. The Morgan fingerprint density at radius 2 is 2.14 bits per heavy atom. The highest BCUT2D eigenvalue weighted by Crippen LogP contribution is 2.24. The molecule has 116 valence electrons. The van der Waals surface area contributed by atoms with Gasteiger partial charge in [0.15, 0.2) is 0 Å². The van der Waals surface area contributed by atoms with Crippen molar-refractivity contribution in [2.24, 2.45) is 5.73 Å². The Morgan fingerprint density at radius 3 is 2.67 bits per heavy atom. The van der Waals surface area contributed by atoms with Gasteiger partial charge in [0.2, 0.25) is 10.9 Å². The van der Waals surface area contributed by atoms with E-state index in [2.05, 4.69) is 10.3 Å². The fourth-order valence-electron chi connectivity index (χ4n) is 1.37. The molecule has 0 radical (unpaired) electrons. The molecule has 0 saturated carbocycles. The van der Waals surface area contributed by atoms with Crippen LogP contribution >= 0.6 is 0 Å². The highest BCUT2D eigenvalue weighted by molar-refractivity contribution is 7.73. The lowest BCUT2D eigenvalue weighted by Crippen LogP contribution is -2.28. The number of thiol groups is 1. The SMILES string of the molecule is N=C/C(=C(\N)NCc1cccnc1N[SH](=O)=O)C(F)(F)F. The molecule has 0 aliphatic heterocycles. The van der Waals surface area contributed by atoms with Crippen LogP contribution in [0.5, 0.6) is 0 Å². The number of anilines is 1. The molecular formula is C10H12F3N5O2S. The number of pyridine rings is 1. The summed E-state index contributed by atoms with van der Waals surface area (Å²) in [6.07, 6.45) is -3.34. The molecule has 0 bridgehead atoms. The van der Waals surface area contributed by atoms with Crippen molar-refractivity contribution in [1.82, 2.24) is 10.3 Å². The van der Waals surface area contributed by atoms with E-state index in [1.54, 1.807) is 0 Å². The standard InChI is InChI=1S/C10H12F3N5O2S/c11-10(12,13)7(4-14)8(15)17-5-6-2-1-3-16-9(6)18-21(19)20/h1-4,14,17,21H,5,15H2,(H,16,18,19,20)/b8-7-,14-4?. The summed E-state index contributed by atoms with van der Waals surface area (Å²) in [5, 5.41) is 9.02. The molecule has 7 nitrogen and oxygen atoms in total. The van der Waals surface area contributed by atoms with Crippen molar-refractivity contribution in [2.45, 2.75) is 12.7 Å². The number of allylic oxidation sites excluding steroid dienone is 1. The number of halogens is 3. The van der Waals surface area contributed by atoms with Crippen LogP contribution in [0.4, 0.5) is 19.0 Å². The minimum absolute atomic E-state index is 0.0164. The first-order valence-corrected chi connectivity index (χ1v) is 6.59. The van der Waals surface area contributed by atoms with E-state index in [-0.39, 0.29) is 18.6 Å². The molecule has 21 heavy (non-hydrogen) atoms. The fraction of sp³-hybridized carbons (Fsp3) is 0.200. The summed E-state index contributed by atoms with van der Waals surface area (Å²) in [5.41, 5.74) is 4.22. The smallest absolute Gasteiger partial charge is 0.385 e. The Kier molecular flexibility index (Phi) is 5.52. The number of rotatable bonds is 6. The monoisotopic (exact) mass is 323 g/mol. The lowest BCUT2D eigenvalue weighted by Gasteiger charge is -2.14. The number of nitrogens with zero attached hydrogens (tertiary/aromatic N) is 1. The Morgan fingerprint density at radius 1 is 1.48 bits per heavy atom. The molecule has 0 amide bonds. The normalized spacial score (nSPS) is 12.8. The Labute approximate surface area is 119 Å². The quantitative estimate of drug-likeness (QED) is 0.385. The van der Waals surface area contributed by atoms with Gasteiger partial charge in [-0.05, 0) is 6.07 Å².